The molecule has 0 fully saturated rings. The zero-order valence-corrected chi connectivity index (χ0v) is 17.4. The topological polar surface area (TPSA) is 72.6 Å². The molecule has 0 aliphatic rings. The summed E-state index contributed by atoms with van der Waals surface area (Å²) in [5.74, 6) is 2.32. The van der Waals surface area contributed by atoms with Gasteiger partial charge in [-0.2, -0.15) is 0 Å². The molecule has 30 heavy (non-hydrogen) atoms. The number of furan rings is 2. The van der Waals surface area contributed by atoms with E-state index in [2.05, 4.69) is 4.98 Å². The van der Waals surface area contributed by atoms with E-state index in [0.29, 0.717) is 58.3 Å². The molecular formula is C22H18Cl2N2O4. The Morgan fingerprint density at radius 3 is 2.30 bits per heavy atom. The van der Waals surface area contributed by atoms with E-state index < -0.39 is 0 Å². The van der Waals surface area contributed by atoms with Gasteiger partial charge in [-0.15, -0.1) is 0 Å². The van der Waals surface area contributed by atoms with Gasteiger partial charge in [0.2, 0.25) is 5.91 Å². The fourth-order valence-corrected chi connectivity index (χ4v) is 3.53. The molecule has 0 saturated heterocycles. The number of rotatable bonds is 8. The molecule has 0 unspecified atom stereocenters. The average molecular weight is 445 g/mol. The van der Waals surface area contributed by atoms with Crippen LogP contribution < -0.4 is 0 Å². The van der Waals surface area contributed by atoms with Crippen LogP contribution in [0.5, 0.6) is 0 Å². The van der Waals surface area contributed by atoms with Gasteiger partial charge in [-0.25, -0.2) is 4.98 Å². The van der Waals surface area contributed by atoms with Crippen molar-refractivity contribution in [2.75, 3.05) is 0 Å². The van der Waals surface area contributed by atoms with Gasteiger partial charge in [-0.1, -0.05) is 23.2 Å². The summed E-state index contributed by atoms with van der Waals surface area (Å²) >= 11 is 12.2. The average Bonchev–Trinajstić information content (AvgIpc) is 3.49. The molecule has 3 heterocycles. The summed E-state index contributed by atoms with van der Waals surface area (Å²) in [4.78, 5) is 18.8. The lowest BCUT2D eigenvalue weighted by atomic mass is 10.2. The predicted molar refractivity (Wildman–Crippen MR) is 112 cm³/mol. The third kappa shape index (κ3) is 4.96. The van der Waals surface area contributed by atoms with Crippen LogP contribution in [-0.4, -0.2) is 15.8 Å². The van der Waals surface area contributed by atoms with Crippen LogP contribution in [0.4, 0.5) is 0 Å². The molecule has 4 rings (SSSR count). The number of halogens is 2. The normalized spacial score (nSPS) is 11.0. The Kier molecular flexibility index (Phi) is 6.26. The number of hydrogen-bond donors (Lipinski definition) is 0. The number of aryl methyl sites for hydroxylation is 1. The van der Waals surface area contributed by atoms with E-state index in [1.165, 1.54) is 0 Å². The number of nitrogens with zero attached hydrogens (tertiary/aromatic N) is 2. The Bertz CT molecular complexity index is 1070. The van der Waals surface area contributed by atoms with E-state index in [-0.39, 0.29) is 12.3 Å². The third-order valence-electron chi connectivity index (χ3n) is 4.51. The highest BCUT2D eigenvalue weighted by molar-refractivity contribution is 6.36. The Morgan fingerprint density at radius 2 is 1.70 bits per heavy atom. The number of aromatic nitrogens is 1. The Labute approximate surface area is 183 Å². The van der Waals surface area contributed by atoms with Crippen molar-refractivity contribution >= 4 is 29.1 Å². The first-order valence-corrected chi connectivity index (χ1v) is 10.1. The number of amides is 1. The predicted octanol–water partition coefficient (Wildman–Crippen LogP) is 6.00. The van der Waals surface area contributed by atoms with Gasteiger partial charge in [-0.3, -0.25) is 4.79 Å². The standard InChI is InChI=1S/C22H18Cl2N2O4/c23-15-5-6-18(19(24)11-15)20-12-25-21(30-20)7-8-22(27)26(13-16-3-1-9-28-16)14-17-4-2-10-29-17/h1-6,9-12H,7-8,13-14H2. The molecule has 0 aliphatic heterocycles. The fourth-order valence-electron chi connectivity index (χ4n) is 3.03. The molecule has 0 atom stereocenters. The minimum Gasteiger partial charge on any atom is -0.467 e. The van der Waals surface area contributed by atoms with E-state index >= 15 is 0 Å². The molecule has 4 aromatic rings. The Morgan fingerprint density at radius 1 is 1.00 bits per heavy atom. The van der Waals surface area contributed by atoms with Crippen molar-refractivity contribution in [1.82, 2.24) is 9.88 Å². The van der Waals surface area contributed by atoms with Crippen molar-refractivity contribution in [1.29, 1.82) is 0 Å². The quantitative estimate of drug-likeness (QED) is 0.333. The molecule has 0 N–H and O–H groups in total. The van der Waals surface area contributed by atoms with Crippen molar-refractivity contribution in [2.45, 2.75) is 25.9 Å². The molecule has 0 bridgehead atoms. The molecule has 0 spiro atoms. The lowest BCUT2D eigenvalue weighted by Crippen LogP contribution is -2.30. The number of carbonyl (C=O) groups excluding carboxylic acids is 1. The van der Waals surface area contributed by atoms with Gasteiger partial charge in [0.1, 0.15) is 11.5 Å². The second kappa shape index (κ2) is 9.24. The van der Waals surface area contributed by atoms with Crippen molar-refractivity contribution in [3.05, 3.63) is 88.6 Å². The summed E-state index contributed by atoms with van der Waals surface area (Å²) in [6.07, 6.45) is 5.35. The second-order valence-electron chi connectivity index (χ2n) is 6.65. The highest BCUT2D eigenvalue weighted by Gasteiger charge is 2.19. The number of carbonyl (C=O) groups is 1. The van der Waals surface area contributed by atoms with Gasteiger partial charge in [0.15, 0.2) is 11.7 Å². The highest BCUT2D eigenvalue weighted by Crippen LogP contribution is 2.31. The van der Waals surface area contributed by atoms with Gasteiger partial charge >= 0.3 is 0 Å². The summed E-state index contributed by atoms with van der Waals surface area (Å²) < 4.78 is 16.6. The largest absolute Gasteiger partial charge is 0.467 e. The van der Waals surface area contributed by atoms with Crippen molar-refractivity contribution in [3.8, 4) is 11.3 Å². The minimum atomic E-state index is -0.0629. The summed E-state index contributed by atoms with van der Waals surface area (Å²) in [6, 6.07) is 12.4. The fraction of sp³-hybridized carbons (Fsp3) is 0.182. The van der Waals surface area contributed by atoms with Crippen LogP contribution in [0.1, 0.15) is 23.8 Å². The molecule has 0 aliphatic carbocycles. The zero-order valence-electron chi connectivity index (χ0n) is 15.9. The minimum absolute atomic E-state index is 0.0629. The summed E-state index contributed by atoms with van der Waals surface area (Å²) in [7, 11) is 0. The first-order valence-electron chi connectivity index (χ1n) is 9.31. The molecule has 0 saturated carbocycles. The van der Waals surface area contributed by atoms with Crippen LogP contribution in [-0.2, 0) is 24.3 Å². The van der Waals surface area contributed by atoms with E-state index in [9.17, 15) is 4.79 Å². The van der Waals surface area contributed by atoms with Crippen molar-refractivity contribution in [2.24, 2.45) is 0 Å². The van der Waals surface area contributed by atoms with E-state index in [0.717, 1.165) is 0 Å². The van der Waals surface area contributed by atoms with Gasteiger partial charge in [0, 0.05) is 23.4 Å². The van der Waals surface area contributed by atoms with Crippen LogP contribution in [0.25, 0.3) is 11.3 Å². The molecule has 3 aromatic heterocycles. The maximum absolute atomic E-state index is 12.9. The number of oxazole rings is 1. The van der Waals surface area contributed by atoms with Crippen LogP contribution in [0.2, 0.25) is 10.0 Å². The first-order chi connectivity index (χ1) is 14.6. The molecule has 1 amide bonds. The van der Waals surface area contributed by atoms with Crippen LogP contribution >= 0.6 is 23.2 Å². The Hall–Kier alpha value is -2.96. The maximum Gasteiger partial charge on any atom is 0.223 e. The van der Waals surface area contributed by atoms with Gasteiger partial charge in [0.05, 0.1) is 36.8 Å². The lowest BCUT2D eigenvalue weighted by Gasteiger charge is -2.20. The number of hydrogen-bond acceptors (Lipinski definition) is 5. The number of benzene rings is 1. The van der Waals surface area contributed by atoms with Gasteiger partial charge < -0.3 is 18.2 Å². The lowest BCUT2D eigenvalue weighted by molar-refractivity contribution is -0.133. The molecule has 6 nitrogen and oxygen atoms in total. The van der Waals surface area contributed by atoms with E-state index in [1.54, 1.807) is 54.0 Å². The third-order valence-corrected chi connectivity index (χ3v) is 5.06. The van der Waals surface area contributed by atoms with Crippen LogP contribution in [0.15, 0.2) is 74.4 Å². The SMILES string of the molecule is O=C(CCc1ncc(-c2ccc(Cl)cc2Cl)o1)N(Cc1ccco1)Cc1ccco1. The highest BCUT2D eigenvalue weighted by atomic mass is 35.5. The van der Waals surface area contributed by atoms with Gasteiger partial charge in [0.25, 0.3) is 0 Å². The molecule has 8 heteroatoms. The molecule has 154 valence electrons. The molecule has 1 aromatic carbocycles. The molecular weight excluding hydrogens is 427 g/mol. The van der Waals surface area contributed by atoms with E-state index in [4.69, 9.17) is 36.5 Å². The Balaban J connectivity index is 1.42. The maximum atomic E-state index is 12.9. The molecule has 0 radical (unpaired) electrons. The van der Waals surface area contributed by atoms with Crippen LogP contribution in [0, 0.1) is 0 Å². The zero-order chi connectivity index (χ0) is 20.9. The van der Waals surface area contributed by atoms with Gasteiger partial charge in [-0.05, 0) is 42.5 Å². The van der Waals surface area contributed by atoms with Crippen molar-refractivity contribution in [3.63, 3.8) is 0 Å². The van der Waals surface area contributed by atoms with E-state index in [1.807, 2.05) is 12.1 Å². The summed E-state index contributed by atoms with van der Waals surface area (Å²) in [6.45, 7) is 0.702. The monoisotopic (exact) mass is 444 g/mol. The first kappa shape index (κ1) is 20.3. The van der Waals surface area contributed by atoms with Crippen molar-refractivity contribution < 1.29 is 18.0 Å². The van der Waals surface area contributed by atoms with Crippen LogP contribution in [0.3, 0.4) is 0 Å². The smallest absolute Gasteiger partial charge is 0.223 e. The summed E-state index contributed by atoms with van der Waals surface area (Å²) in [5, 5.41) is 1.02. The second-order valence-corrected chi connectivity index (χ2v) is 7.49. The summed E-state index contributed by atoms with van der Waals surface area (Å²) in [5.41, 5.74) is 0.698.